The third kappa shape index (κ3) is 4.36. The van der Waals surface area contributed by atoms with Crippen molar-refractivity contribution in [2.75, 3.05) is 20.8 Å². The molecule has 1 aliphatic heterocycles. The SMILES string of the molecule is COc1ccc([C@@H]2CCCN2Cn2nc(Cc3ccccc3)oc2=S)c(OC)c1. The quantitative estimate of drug-likeness (QED) is 0.529. The molecule has 0 radical (unpaired) electrons. The fourth-order valence-electron chi connectivity index (χ4n) is 3.89. The molecule has 0 N–H and O–H groups in total. The summed E-state index contributed by atoms with van der Waals surface area (Å²) >= 11 is 5.43. The van der Waals surface area contributed by atoms with E-state index in [0.29, 0.717) is 23.8 Å². The van der Waals surface area contributed by atoms with Gasteiger partial charge in [0.15, 0.2) is 0 Å². The average Bonchev–Trinajstić information content (AvgIpc) is 3.34. The number of methoxy groups -OCH3 is 2. The molecule has 152 valence electrons. The molecule has 6 nitrogen and oxygen atoms in total. The van der Waals surface area contributed by atoms with E-state index in [0.717, 1.165) is 42.0 Å². The van der Waals surface area contributed by atoms with E-state index in [-0.39, 0.29) is 6.04 Å². The number of benzene rings is 2. The summed E-state index contributed by atoms with van der Waals surface area (Å²) in [6.45, 7) is 1.57. The van der Waals surface area contributed by atoms with Crippen LogP contribution in [-0.2, 0) is 13.1 Å². The van der Waals surface area contributed by atoms with Crippen LogP contribution in [0, 0.1) is 4.84 Å². The topological polar surface area (TPSA) is 52.7 Å². The number of nitrogens with zero attached hydrogens (tertiary/aromatic N) is 3. The maximum absolute atomic E-state index is 5.74. The molecule has 4 rings (SSSR count). The second kappa shape index (κ2) is 8.80. The van der Waals surface area contributed by atoms with Gasteiger partial charge in [-0.05, 0) is 36.7 Å². The van der Waals surface area contributed by atoms with Crippen LogP contribution in [0.3, 0.4) is 0 Å². The lowest BCUT2D eigenvalue weighted by molar-refractivity contribution is 0.184. The van der Waals surface area contributed by atoms with E-state index in [1.165, 1.54) is 0 Å². The van der Waals surface area contributed by atoms with Gasteiger partial charge in [-0.15, -0.1) is 5.10 Å². The molecule has 1 aromatic heterocycles. The summed E-state index contributed by atoms with van der Waals surface area (Å²) in [7, 11) is 3.36. The van der Waals surface area contributed by atoms with Gasteiger partial charge in [0, 0.05) is 24.2 Å². The Hall–Kier alpha value is -2.64. The maximum atomic E-state index is 5.74. The lowest BCUT2D eigenvalue weighted by atomic mass is 10.0. The molecule has 3 aromatic rings. The molecule has 0 amide bonds. The molecule has 1 fully saturated rings. The Kier molecular flexibility index (Phi) is 5.97. The molecule has 1 atom stereocenters. The summed E-state index contributed by atoms with van der Waals surface area (Å²) in [5, 5.41) is 4.62. The lowest BCUT2D eigenvalue weighted by Crippen LogP contribution is -2.27. The second-order valence-corrected chi connectivity index (χ2v) is 7.49. The Morgan fingerprint density at radius 1 is 1.14 bits per heavy atom. The van der Waals surface area contributed by atoms with Crippen molar-refractivity contribution in [1.29, 1.82) is 0 Å². The van der Waals surface area contributed by atoms with Crippen LogP contribution in [0.1, 0.15) is 35.9 Å². The third-order valence-corrected chi connectivity index (χ3v) is 5.62. The predicted octanol–water partition coefficient (Wildman–Crippen LogP) is 4.61. The van der Waals surface area contributed by atoms with Crippen molar-refractivity contribution in [1.82, 2.24) is 14.7 Å². The first-order valence-corrected chi connectivity index (χ1v) is 10.2. The summed E-state index contributed by atoms with van der Waals surface area (Å²) in [5.74, 6) is 2.27. The number of likely N-dealkylation sites (tertiary alicyclic amines) is 1. The van der Waals surface area contributed by atoms with Crippen molar-refractivity contribution >= 4 is 12.2 Å². The summed E-state index contributed by atoms with van der Waals surface area (Å²) in [6.07, 6.45) is 2.81. The number of hydrogen-bond donors (Lipinski definition) is 0. The molecule has 1 aliphatic rings. The van der Waals surface area contributed by atoms with Crippen molar-refractivity contribution in [2.45, 2.75) is 32.0 Å². The molecule has 7 heteroatoms. The van der Waals surface area contributed by atoms with Gasteiger partial charge in [0.2, 0.25) is 5.89 Å². The fraction of sp³-hybridized carbons (Fsp3) is 0.364. The first-order chi connectivity index (χ1) is 14.2. The summed E-state index contributed by atoms with van der Waals surface area (Å²) in [5.41, 5.74) is 2.31. The summed E-state index contributed by atoms with van der Waals surface area (Å²) < 4.78 is 18.5. The smallest absolute Gasteiger partial charge is 0.288 e. The lowest BCUT2D eigenvalue weighted by Gasteiger charge is -2.25. The molecule has 0 bridgehead atoms. The van der Waals surface area contributed by atoms with E-state index in [1.807, 2.05) is 30.3 Å². The van der Waals surface area contributed by atoms with Gasteiger partial charge in [-0.3, -0.25) is 4.90 Å². The largest absolute Gasteiger partial charge is 0.497 e. The van der Waals surface area contributed by atoms with Crippen molar-refractivity contribution in [2.24, 2.45) is 0 Å². The summed E-state index contributed by atoms with van der Waals surface area (Å²) in [6, 6.07) is 16.4. The Morgan fingerprint density at radius 3 is 2.72 bits per heavy atom. The molecule has 0 aliphatic carbocycles. The van der Waals surface area contributed by atoms with Crippen molar-refractivity contribution in [3.8, 4) is 11.5 Å². The van der Waals surface area contributed by atoms with Gasteiger partial charge in [-0.1, -0.05) is 36.4 Å². The Labute approximate surface area is 175 Å². The average molecular weight is 412 g/mol. The van der Waals surface area contributed by atoms with Crippen LogP contribution in [0.5, 0.6) is 11.5 Å². The molecular weight excluding hydrogens is 386 g/mol. The van der Waals surface area contributed by atoms with E-state index in [1.54, 1.807) is 18.9 Å². The van der Waals surface area contributed by atoms with Crippen molar-refractivity contribution in [3.63, 3.8) is 0 Å². The van der Waals surface area contributed by atoms with Crippen LogP contribution < -0.4 is 9.47 Å². The maximum Gasteiger partial charge on any atom is 0.288 e. The minimum atomic E-state index is 0.243. The third-order valence-electron chi connectivity index (χ3n) is 5.33. The molecule has 2 heterocycles. The van der Waals surface area contributed by atoms with Crippen LogP contribution in [0.15, 0.2) is 52.9 Å². The van der Waals surface area contributed by atoms with Crippen LogP contribution >= 0.6 is 12.2 Å². The van der Waals surface area contributed by atoms with Crippen molar-refractivity contribution in [3.05, 3.63) is 70.4 Å². The zero-order valence-electron chi connectivity index (χ0n) is 16.7. The van der Waals surface area contributed by atoms with E-state index in [4.69, 9.17) is 26.1 Å². The Balaban J connectivity index is 1.53. The van der Waals surface area contributed by atoms with Crippen LogP contribution in [0.4, 0.5) is 0 Å². The minimum Gasteiger partial charge on any atom is -0.497 e. The van der Waals surface area contributed by atoms with Gasteiger partial charge < -0.3 is 13.9 Å². The van der Waals surface area contributed by atoms with E-state index < -0.39 is 0 Å². The first kappa shape index (κ1) is 19.7. The Bertz CT molecular complexity index is 1020. The minimum absolute atomic E-state index is 0.243. The number of rotatable bonds is 7. The van der Waals surface area contributed by atoms with Crippen LogP contribution in [0.25, 0.3) is 0 Å². The van der Waals surface area contributed by atoms with Gasteiger partial charge in [0.05, 0.1) is 27.3 Å². The standard InChI is InChI=1S/C22H25N3O3S/c1-26-17-10-11-18(20(14-17)27-2)19-9-6-12-24(19)15-25-22(29)28-21(23-25)13-16-7-4-3-5-8-16/h3-5,7-8,10-11,14,19H,6,9,12-13,15H2,1-2H3/t19-/m0/s1. The normalized spacial score (nSPS) is 16.8. The highest BCUT2D eigenvalue weighted by Gasteiger charge is 2.29. The second-order valence-electron chi connectivity index (χ2n) is 7.14. The van der Waals surface area contributed by atoms with E-state index in [9.17, 15) is 0 Å². The van der Waals surface area contributed by atoms with Gasteiger partial charge >= 0.3 is 0 Å². The number of ether oxygens (including phenoxy) is 2. The van der Waals surface area contributed by atoms with Gasteiger partial charge in [-0.2, -0.15) is 0 Å². The van der Waals surface area contributed by atoms with Gasteiger partial charge in [0.1, 0.15) is 11.5 Å². The molecule has 1 saturated heterocycles. The fourth-order valence-corrected chi connectivity index (χ4v) is 4.09. The highest BCUT2D eigenvalue weighted by atomic mass is 32.1. The monoisotopic (exact) mass is 411 g/mol. The molecule has 0 unspecified atom stereocenters. The molecule has 0 spiro atoms. The molecular formula is C22H25N3O3S. The number of aromatic nitrogens is 2. The zero-order chi connectivity index (χ0) is 20.2. The van der Waals surface area contributed by atoms with Crippen LogP contribution in [-0.4, -0.2) is 35.4 Å². The van der Waals surface area contributed by atoms with Crippen molar-refractivity contribution < 1.29 is 13.9 Å². The Morgan fingerprint density at radius 2 is 1.97 bits per heavy atom. The van der Waals surface area contributed by atoms with Gasteiger partial charge in [0.25, 0.3) is 4.84 Å². The number of hydrogen-bond acceptors (Lipinski definition) is 6. The van der Waals surface area contributed by atoms with E-state index in [2.05, 4.69) is 28.2 Å². The van der Waals surface area contributed by atoms with Gasteiger partial charge in [-0.25, -0.2) is 4.68 Å². The predicted molar refractivity (Wildman–Crippen MR) is 113 cm³/mol. The summed E-state index contributed by atoms with van der Waals surface area (Å²) in [4.78, 5) is 2.78. The van der Waals surface area contributed by atoms with Crippen LogP contribution in [0.2, 0.25) is 0 Å². The zero-order valence-corrected chi connectivity index (χ0v) is 17.5. The first-order valence-electron chi connectivity index (χ1n) is 9.74. The van der Waals surface area contributed by atoms with E-state index >= 15 is 0 Å². The highest BCUT2D eigenvalue weighted by molar-refractivity contribution is 7.71. The molecule has 2 aromatic carbocycles. The highest BCUT2D eigenvalue weighted by Crippen LogP contribution is 2.38. The molecule has 0 saturated carbocycles. The molecule has 29 heavy (non-hydrogen) atoms.